The first-order chi connectivity index (χ1) is 14.6. The molecule has 1 N–H and O–H groups in total. The number of hydrogen-bond donors (Lipinski definition) is 1. The van der Waals surface area contributed by atoms with Crippen molar-refractivity contribution in [3.05, 3.63) is 58.6 Å². The molecule has 158 valence electrons. The summed E-state index contributed by atoms with van der Waals surface area (Å²) in [7, 11) is 0. The number of ether oxygens (including phenoxy) is 2. The van der Waals surface area contributed by atoms with Crippen LogP contribution in [0.25, 0.3) is 0 Å². The molecule has 2 aromatic carbocycles. The van der Waals surface area contributed by atoms with E-state index in [1.54, 1.807) is 12.1 Å². The molecule has 1 fully saturated rings. The quantitative estimate of drug-likeness (QED) is 0.782. The highest BCUT2D eigenvalue weighted by Gasteiger charge is 2.29. The number of hydrogen-bond acceptors (Lipinski definition) is 4. The van der Waals surface area contributed by atoms with E-state index < -0.39 is 0 Å². The zero-order valence-corrected chi connectivity index (χ0v) is 17.7. The third-order valence-corrected chi connectivity index (χ3v) is 6.02. The lowest BCUT2D eigenvalue weighted by atomic mass is 9.93. The van der Waals surface area contributed by atoms with Gasteiger partial charge in [-0.3, -0.25) is 9.59 Å². The number of nitrogens with zero attached hydrogens (tertiary/aromatic N) is 1. The van der Waals surface area contributed by atoms with Crippen molar-refractivity contribution in [1.29, 1.82) is 0 Å². The van der Waals surface area contributed by atoms with E-state index in [0.29, 0.717) is 35.2 Å². The summed E-state index contributed by atoms with van der Waals surface area (Å²) in [6.07, 6.45) is 2.21. The smallest absolute Gasteiger partial charge is 0.251 e. The Balaban J connectivity index is 1.34. The summed E-state index contributed by atoms with van der Waals surface area (Å²) in [5, 5.41) is 3.42. The van der Waals surface area contributed by atoms with Crippen molar-refractivity contribution < 1.29 is 19.1 Å². The van der Waals surface area contributed by atoms with E-state index in [-0.39, 0.29) is 30.6 Å². The van der Waals surface area contributed by atoms with Crippen LogP contribution in [-0.2, 0) is 4.79 Å². The summed E-state index contributed by atoms with van der Waals surface area (Å²) in [6.45, 7) is 3.41. The number of amides is 2. The summed E-state index contributed by atoms with van der Waals surface area (Å²) in [4.78, 5) is 27.6. The Bertz CT molecular complexity index is 926. The van der Waals surface area contributed by atoms with Gasteiger partial charge in [0.2, 0.25) is 12.7 Å². The van der Waals surface area contributed by atoms with Gasteiger partial charge in [-0.1, -0.05) is 48.9 Å². The SMILES string of the molecule is CCC(C(=O)N1CCC(NC(=O)c2cc(Cl)c3c(c2)OCO3)CC1)c1ccccc1. The second-order valence-electron chi connectivity index (χ2n) is 7.64. The van der Waals surface area contributed by atoms with Gasteiger partial charge >= 0.3 is 0 Å². The van der Waals surface area contributed by atoms with Crippen LogP contribution >= 0.6 is 11.6 Å². The Morgan fingerprint density at radius 2 is 1.90 bits per heavy atom. The lowest BCUT2D eigenvalue weighted by Gasteiger charge is -2.34. The molecule has 7 heteroatoms. The highest BCUT2D eigenvalue weighted by Crippen LogP contribution is 2.39. The number of nitrogens with one attached hydrogen (secondary N) is 1. The predicted molar refractivity (Wildman–Crippen MR) is 114 cm³/mol. The van der Waals surface area contributed by atoms with E-state index in [1.165, 1.54) is 0 Å². The maximum absolute atomic E-state index is 13.0. The maximum atomic E-state index is 13.0. The van der Waals surface area contributed by atoms with Crippen LogP contribution in [0.5, 0.6) is 11.5 Å². The van der Waals surface area contributed by atoms with Crippen LogP contribution in [0.3, 0.4) is 0 Å². The summed E-state index contributed by atoms with van der Waals surface area (Å²) in [5.74, 6) is 0.809. The monoisotopic (exact) mass is 428 g/mol. The molecule has 0 spiro atoms. The fourth-order valence-electron chi connectivity index (χ4n) is 4.07. The van der Waals surface area contributed by atoms with Gasteiger partial charge in [-0.15, -0.1) is 0 Å². The van der Waals surface area contributed by atoms with Crippen LogP contribution < -0.4 is 14.8 Å². The van der Waals surface area contributed by atoms with Crippen molar-refractivity contribution >= 4 is 23.4 Å². The van der Waals surface area contributed by atoms with E-state index in [1.807, 2.05) is 42.2 Å². The Kier molecular flexibility index (Phi) is 6.13. The molecule has 0 bridgehead atoms. The molecule has 2 heterocycles. The Labute approximate surface area is 181 Å². The Morgan fingerprint density at radius 3 is 2.60 bits per heavy atom. The predicted octanol–water partition coefficient (Wildman–Crippen LogP) is 3.98. The van der Waals surface area contributed by atoms with Crippen LogP contribution in [0, 0.1) is 0 Å². The zero-order chi connectivity index (χ0) is 21.1. The van der Waals surface area contributed by atoms with Gasteiger partial charge in [0.25, 0.3) is 5.91 Å². The van der Waals surface area contributed by atoms with Gasteiger partial charge in [0.05, 0.1) is 10.9 Å². The molecular weight excluding hydrogens is 404 g/mol. The number of rotatable bonds is 5. The number of benzene rings is 2. The van der Waals surface area contributed by atoms with Crippen molar-refractivity contribution in [3.63, 3.8) is 0 Å². The lowest BCUT2D eigenvalue weighted by Crippen LogP contribution is -2.47. The minimum Gasteiger partial charge on any atom is -0.454 e. The molecule has 1 saturated heterocycles. The molecular formula is C23H25ClN2O4. The average molecular weight is 429 g/mol. The highest BCUT2D eigenvalue weighted by molar-refractivity contribution is 6.32. The van der Waals surface area contributed by atoms with E-state index >= 15 is 0 Å². The second-order valence-corrected chi connectivity index (χ2v) is 8.04. The molecule has 4 rings (SSSR count). The molecule has 0 saturated carbocycles. The fraction of sp³-hybridized carbons (Fsp3) is 0.391. The van der Waals surface area contributed by atoms with Crippen LogP contribution in [-0.4, -0.2) is 42.6 Å². The first kappa shape index (κ1) is 20.5. The van der Waals surface area contributed by atoms with Crippen LogP contribution in [0.15, 0.2) is 42.5 Å². The Morgan fingerprint density at radius 1 is 1.17 bits per heavy atom. The summed E-state index contributed by atoms with van der Waals surface area (Å²) >= 11 is 6.18. The molecule has 0 radical (unpaired) electrons. The third kappa shape index (κ3) is 4.24. The minimum atomic E-state index is -0.198. The van der Waals surface area contributed by atoms with Crippen molar-refractivity contribution in [2.24, 2.45) is 0 Å². The minimum absolute atomic E-state index is 0.0163. The number of piperidine rings is 1. The van der Waals surface area contributed by atoms with Crippen LogP contribution in [0.4, 0.5) is 0 Å². The van der Waals surface area contributed by atoms with Crippen LogP contribution in [0.1, 0.15) is 48.0 Å². The van der Waals surface area contributed by atoms with Gasteiger partial charge in [0.15, 0.2) is 11.5 Å². The van der Waals surface area contributed by atoms with Crippen molar-refractivity contribution in [2.75, 3.05) is 19.9 Å². The second kappa shape index (κ2) is 8.96. The van der Waals surface area contributed by atoms with Crippen molar-refractivity contribution in [3.8, 4) is 11.5 Å². The summed E-state index contributed by atoms with van der Waals surface area (Å²) < 4.78 is 10.6. The molecule has 2 aliphatic heterocycles. The van der Waals surface area contributed by atoms with Crippen molar-refractivity contribution in [1.82, 2.24) is 10.2 Å². The largest absolute Gasteiger partial charge is 0.454 e. The number of likely N-dealkylation sites (tertiary alicyclic amines) is 1. The van der Waals surface area contributed by atoms with Gasteiger partial charge in [0.1, 0.15) is 0 Å². The maximum Gasteiger partial charge on any atom is 0.251 e. The van der Waals surface area contributed by atoms with Gasteiger partial charge in [-0.2, -0.15) is 0 Å². The molecule has 2 aromatic rings. The number of carbonyl (C=O) groups excluding carboxylic acids is 2. The highest BCUT2D eigenvalue weighted by atomic mass is 35.5. The van der Waals surface area contributed by atoms with E-state index in [2.05, 4.69) is 5.32 Å². The van der Waals surface area contributed by atoms with E-state index in [9.17, 15) is 9.59 Å². The molecule has 1 atom stereocenters. The van der Waals surface area contributed by atoms with Crippen LogP contribution in [0.2, 0.25) is 5.02 Å². The fourth-order valence-corrected chi connectivity index (χ4v) is 4.34. The van der Waals surface area contributed by atoms with Gasteiger partial charge < -0.3 is 19.7 Å². The van der Waals surface area contributed by atoms with Crippen molar-refractivity contribution in [2.45, 2.75) is 38.1 Å². The van der Waals surface area contributed by atoms with Gasteiger partial charge in [0, 0.05) is 24.7 Å². The number of fused-ring (bicyclic) bond motifs is 1. The number of carbonyl (C=O) groups is 2. The molecule has 2 aliphatic rings. The normalized spacial score (nSPS) is 16.9. The molecule has 2 amide bonds. The molecule has 0 aromatic heterocycles. The molecule has 1 unspecified atom stereocenters. The topological polar surface area (TPSA) is 67.9 Å². The van der Waals surface area contributed by atoms with Gasteiger partial charge in [-0.05, 0) is 37.0 Å². The first-order valence-corrected chi connectivity index (χ1v) is 10.7. The molecule has 0 aliphatic carbocycles. The number of halogens is 1. The van der Waals surface area contributed by atoms with Gasteiger partial charge in [-0.25, -0.2) is 0 Å². The summed E-state index contributed by atoms with van der Waals surface area (Å²) in [5.41, 5.74) is 1.50. The average Bonchev–Trinajstić information content (AvgIpc) is 3.25. The molecule has 6 nitrogen and oxygen atoms in total. The van der Waals surface area contributed by atoms with E-state index in [4.69, 9.17) is 21.1 Å². The zero-order valence-electron chi connectivity index (χ0n) is 16.9. The first-order valence-electron chi connectivity index (χ1n) is 10.3. The summed E-state index contributed by atoms with van der Waals surface area (Å²) in [6, 6.07) is 13.2. The Hall–Kier alpha value is -2.73. The lowest BCUT2D eigenvalue weighted by molar-refractivity contribution is -0.134. The van der Waals surface area contributed by atoms with E-state index in [0.717, 1.165) is 24.8 Å². The standard InChI is InChI=1S/C23H25ClN2O4/c1-2-18(15-6-4-3-5-7-15)23(28)26-10-8-17(9-11-26)25-22(27)16-12-19(24)21-20(13-16)29-14-30-21/h3-7,12-13,17-18H,2,8-11,14H2,1H3,(H,25,27). The molecule has 30 heavy (non-hydrogen) atoms. The third-order valence-electron chi connectivity index (χ3n) is 5.74.